The van der Waals surface area contributed by atoms with Crippen LogP contribution < -0.4 is 0 Å². The number of carbonyl (C=O) groups is 1. The van der Waals surface area contributed by atoms with E-state index in [2.05, 4.69) is 40.2 Å². The van der Waals surface area contributed by atoms with E-state index in [1.165, 1.54) is 0 Å². The zero-order valence-electron chi connectivity index (χ0n) is 11.1. The van der Waals surface area contributed by atoms with Crippen LogP contribution >= 0.6 is 15.9 Å². The number of rotatable bonds is 3. The summed E-state index contributed by atoms with van der Waals surface area (Å²) in [6.45, 7) is 0.757. The van der Waals surface area contributed by atoms with Crippen molar-refractivity contribution in [1.29, 1.82) is 0 Å². The molecule has 102 valence electrons. The van der Waals surface area contributed by atoms with Crippen LogP contribution in [0.1, 0.15) is 23.6 Å². The van der Waals surface area contributed by atoms with E-state index in [0.29, 0.717) is 6.42 Å². The standard InChI is InChI=1S/C17H16BrNO/c18-15-11-16(20)19(12-15)17(13-7-3-1-4-8-13)14-9-5-2-6-10-14/h1-10,15,17H,11-12H2. The number of hydrogen-bond acceptors (Lipinski definition) is 1. The third-order valence-electron chi connectivity index (χ3n) is 3.65. The molecule has 0 saturated carbocycles. The molecule has 0 bridgehead atoms. The van der Waals surface area contributed by atoms with E-state index in [9.17, 15) is 4.79 Å². The summed E-state index contributed by atoms with van der Waals surface area (Å²) in [5, 5.41) is 0. The van der Waals surface area contributed by atoms with Crippen molar-refractivity contribution in [3.63, 3.8) is 0 Å². The summed E-state index contributed by atoms with van der Waals surface area (Å²) in [7, 11) is 0. The highest BCUT2D eigenvalue weighted by molar-refractivity contribution is 9.09. The Morgan fingerprint density at radius 2 is 1.45 bits per heavy atom. The molecule has 1 amide bonds. The van der Waals surface area contributed by atoms with Gasteiger partial charge < -0.3 is 4.90 Å². The average molecular weight is 330 g/mol. The molecule has 1 aliphatic heterocycles. The Morgan fingerprint density at radius 3 is 1.85 bits per heavy atom. The molecule has 1 unspecified atom stereocenters. The van der Waals surface area contributed by atoms with Gasteiger partial charge in [0.2, 0.25) is 5.91 Å². The van der Waals surface area contributed by atoms with Crippen LogP contribution in [0.2, 0.25) is 0 Å². The molecule has 0 spiro atoms. The highest BCUT2D eigenvalue weighted by Crippen LogP contribution is 2.33. The number of carbonyl (C=O) groups excluding carboxylic acids is 1. The largest absolute Gasteiger partial charge is 0.330 e. The van der Waals surface area contributed by atoms with Crippen LogP contribution in [0.15, 0.2) is 60.7 Å². The van der Waals surface area contributed by atoms with Gasteiger partial charge in [-0.2, -0.15) is 0 Å². The van der Waals surface area contributed by atoms with E-state index in [1.807, 2.05) is 41.3 Å². The highest BCUT2D eigenvalue weighted by atomic mass is 79.9. The van der Waals surface area contributed by atoms with Gasteiger partial charge in [0.1, 0.15) is 0 Å². The summed E-state index contributed by atoms with van der Waals surface area (Å²) in [5.41, 5.74) is 2.32. The Kier molecular flexibility index (Phi) is 3.88. The van der Waals surface area contributed by atoms with E-state index < -0.39 is 0 Å². The SMILES string of the molecule is O=C1CC(Br)CN1C(c1ccccc1)c1ccccc1. The molecule has 2 nitrogen and oxygen atoms in total. The van der Waals surface area contributed by atoms with E-state index in [4.69, 9.17) is 0 Å². The molecule has 0 radical (unpaired) electrons. The van der Waals surface area contributed by atoms with Crippen molar-refractivity contribution >= 4 is 21.8 Å². The minimum atomic E-state index is 0.00690. The second-order valence-corrected chi connectivity index (χ2v) is 6.37. The van der Waals surface area contributed by atoms with Gasteiger partial charge in [0, 0.05) is 17.8 Å². The molecule has 20 heavy (non-hydrogen) atoms. The van der Waals surface area contributed by atoms with Crippen LogP contribution in [0.5, 0.6) is 0 Å². The smallest absolute Gasteiger partial charge is 0.224 e. The molecule has 1 fully saturated rings. The summed E-state index contributed by atoms with van der Waals surface area (Å²) in [4.78, 5) is 14.5. The van der Waals surface area contributed by atoms with E-state index >= 15 is 0 Å². The van der Waals surface area contributed by atoms with Gasteiger partial charge in [-0.05, 0) is 11.1 Å². The first-order valence-corrected chi connectivity index (χ1v) is 7.70. The topological polar surface area (TPSA) is 20.3 Å². The van der Waals surface area contributed by atoms with Crippen LogP contribution in [-0.4, -0.2) is 22.2 Å². The molecule has 1 aliphatic rings. The molecule has 1 atom stereocenters. The number of likely N-dealkylation sites (tertiary alicyclic amines) is 1. The Morgan fingerprint density at radius 1 is 0.950 bits per heavy atom. The van der Waals surface area contributed by atoms with Gasteiger partial charge in [-0.15, -0.1) is 0 Å². The molecule has 2 aromatic rings. The van der Waals surface area contributed by atoms with Crippen molar-refractivity contribution in [2.75, 3.05) is 6.54 Å². The fourth-order valence-corrected chi connectivity index (χ4v) is 3.35. The maximum Gasteiger partial charge on any atom is 0.224 e. The third kappa shape index (κ3) is 2.63. The van der Waals surface area contributed by atoms with Crippen molar-refractivity contribution in [1.82, 2.24) is 4.90 Å². The first kappa shape index (κ1) is 13.4. The molecular weight excluding hydrogens is 314 g/mol. The predicted octanol–water partition coefficient (Wildman–Crippen LogP) is 3.77. The number of hydrogen-bond donors (Lipinski definition) is 0. The lowest BCUT2D eigenvalue weighted by molar-refractivity contribution is -0.129. The lowest BCUT2D eigenvalue weighted by Crippen LogP contribution is -2.31. The molecular formula is C17H16BrNO. The number of amides is 1. The Labute approximate surface area is 127 Å². The number of halogens is 1. The fourth-order valence-electron chi connectivity index (χ4n) is 2.76. The Bertz CT molecular complexity index is 545. The summed E-state index contributed by atoms with van der Waals surface area (Å²) in [5.74, 6) is 0.213. The Hall–Kier alpha value is -1.61. The molecule has 2 aromatic carbocycles. The molecule has 1 heterocycles. The summed E-state index contributed by atoms with van der Waals surface area (Å²) in [6.07, 6.45) is 0.580. The van der Waals surface area contributed by atoms with Gasteiger partial charge in [-0.25, -0.2) is 0 Å². The Balaban J connectivity index is 2.03. The quantitative estimate of drug-likeness (QED) is 0.785. The molecule has 0 N–H and O–H groups in total. The zero-order valence-corrected chi connectivity index (χ0v) is 12.7. The van der Waals surface area contributed by atoms with Gasteiger partial charge >= 0.3 is 0 Å². The average Bonchev–Trinajstić information content (AvgIpc) is 2.80. The zero-order chi connectivity index (χ0) is 13.9. The summed E-state index contributed by atoms with van der Waals surface area (Å²) >= 11 is 3.57. The van der Waals surface area contributed by atoms with Gasteiger partial charge in [-0.1, -0.05) is 76.6 Å². The number of alkyl halides is 1. The minimum absolute atomic E-state index is 0.00690. The molecule has 0 aliphatic carbocycles. The van der Waals surface area contributed by atoms with Crippen LogP contribution in [0.25, 0.3) is 0 Å². The first-order valence-electron chi connectivity index (χ1n) is 6.79. The maximum atomic E-state index is 12.3. The van der Waals surface area contributed by atoms with E-state index in [0.717, 1.165) is 17.7 Å². The predicted molar refractivity (Wildman–Crippen MR) is 83.8 cm³/mol. The third-order valence-corrected chi connectivity index (χ3v) is 4.27. The van der Waals surface area contributed by atoms with Crippen molar-refractivity contribution < 1.29 is 4.79 Å². The van der Waals surface area contributed by atoms with Crippen LogP contribution in [-0.2, 0) is 4.79 Å². The van der Waals surface area contributed by atoms with Crippen LogP contribution in [0.3, 0.4) is 0 Å². The minimum Gasteiger partial charge on any atom is -0.330 e. The monoisotopic (exact) mass is 329 g/mol. The van der Waals surface area contributed by atoms with E-state index in [-0.39, 0.29) is 16.8 Å². The van der Waals surface area contributed by atoms with E-state index in [1.54, 1.807) is 0 Å². The molecule has 1 saturated heterocycles. The second-order valence-electron chi connectivity index (χ2n) is 5.07. The van der Waals surface area contributed by atoms with Crippen molar-refractivity contribution in [3.8, 4) is 0 Å². The molecule has 3 heteroatoms. The normalized spacial score (nSPS) is 18.8. The van der Waals surface area contributed by atoms with Crippen molar-refractivity contribution in [3.05, 3.63) is 71.8 Å². The maximum absolute atomic E-state index is 12.3. The van der Waals surface area contributed by atoms with Crippen LogP contribution in [0, 0.1) is 0 Å². The van der Waals surface area contributed by atoms with Crippen molar-refractivity contribution in [2.24, 2.45) is 0 Å². The fraction of sp³-hybridized carbons (Fsp3) is 0.235. The van der Waals surface area contributed by atoms with Gasteiger partial charge in [0.25, 0.3) is 0 Å². The second kappa shape index (κ2) is 5.80. The summed E-state index contributed by atoms with van der Waals surface area (Å²) in [6, 6.07) is 20.5. The molecule has 0 aromatic heterocycles. The van der Waals surface area contributed by atoms with Crippen molar-refractivity contribution in [2.45, 2.75) is 17.3 Å². The van der Waals surface area contributed by atoms with Gasteiger partial charge in [0.05, 0.1) is 6.04 Å². The highest BCUT2D eigenvalue weighted by Gasteiger charge is 2.34. The first-order chi connectivity index (χ1) is 9.75. The summed E-state index contributed by atoms with van der Waals surface area (Å²) < 4.78 is 0. The van der Waals surface area contributed by atoms with Crippen LogP contribution in [0.4, 0.5) is 0 Å². The number of nitrogens with zero attached hydrogens (tertiary/aromatic N) is 1. The lowest BCUT2D eigenvalue weighted by atomic mass is 9.97. The van der Waals surface area contributed by atoms with Gasteiger partial charge in [0.15, 0.2) is 0 Å². The van der Waals surface area contributed by atoms with Gasteiger partial charge in [-0.3, -0.25) is 4.79 Å². The number of benzene rings is 2. The molecule has 3 rings (SSSR count). The lowest BCUT2D eigenvalue weighted by Gasteiger charge is -2.29.